The second-order valence-corrected chi connectivity index (χ2v) is 6.41. The van der Waals surface area contributed by atoms with Gasteiger partial charge in [-0.25, -0.2) is 0 Å². The Kier molecular flexibility index (Phi) is 5.38. The average molecular weight is 344 g/mol. The number of aliphatic hydroxyl groups excluding tert-OH is 1. The molecular formula is C19H24N2O4. The molecule has 0 saturated heterocycles. The first-order valence-electron chi connectivity index (χ1n) is 8.79. The molecule has 3 rings (SSSR count). The summed E-state index contributed by atoms with van der Waals surface area (Å²) >= 11 is 0. The zero-order valence-corrected chi connectivity index (χ0v) is 14.6. The number of nitrogens with one attached hydrogen (secondary N) is 1. The second kappa shape index (κ2) is 7.70. The van der Waals surface area contributed by atoms with Crippen LogP contribution in [-0.4, -0.2) is 28.4 Å². The van der Waals surface area contributed by atoms with Gasteiger partial charge in [0.15, 0.2) is 0 Å². The van der Waals surface area contributed by atoms with Crippen LogP contribution >= 0.6 is 0 Å². The zero-order valence-electron chi connectivity index (χ0n) is 14.6. The Labute approximate surface area is 147 Å². The van der Waals surface area contributed by atoms with Gasteiger partial charge in [0, 0.05) is 12.1 Å². The number of carbonyl (C=O) groups is 1. The van der Waals surface area contributed by atoms with Gasteiger partial charge in [0.1, 0.15) is 23.2 Å². The lowest BCUT2D eigenvalue weighted by molar-refractivity contribution is 0.00688. The number of amides is 1. The van der Waals surface area contributed by atoms with Gasteiger partial charge >= 0.3 is 0 Å². The fourth-order valence-electron chi connectivity index (χ4n) is 3.15. The van der Waals surface area contributed by atoms with Crippen molar-refractivity contribution in [3.8, 4) is 5.75 Å². The Hall–Kier alpha value is -2.34. The lowest BCUT2D eigenvalue weighted by atomic mass is 9.95. The minimum absolute atomic E-state index is 0.152. The smallest absolute Gasteiger partial charge is 0.261 e. The Bertz CT molecular complexity index is 724. The van der Waals surface area contributed by atoms with Gasteiger partial charge in [-0.1, -0.05) is 18.5 Å². The van der Waals surface area contributed by atoms with E-state index in [4.69, 9.17) is 9.26 Å². The Morgan fingerprint density at radius 2 is 2.04 bits per heavy atom. The van der Waals surface area contributed by atoms with E-state index in [0.717, 1.165) is 25.7 Å². The first-order valence-corrected chi connectivity index (χ1v) is 8.79. The van der Waals surface area contributed by atoms with Crippen molar-refractivity contribution >= 4 is 11.6 Å². The molecule has 1 aliphatic carbocycles. The van der Waals surface area contributed by atoms with Crippen LogP contribution in [0.3, 0.4) is 0 Å². The minimum atomic E-state index is -0.405. The lowest BCUT2D eigenvalue weighted by Gasteiger charge is -2.28. The summed E-state index contributed by atoms with van der Waals surface area (Å²) in [5, 5.41) is 16.7. The Morgan fingerprint density at radius 1 is 1.32 bits per heavy atom. The monoisotopic (exact) mass is 344 g/mol. The summed E-state index contributed by atoms with van der Waals surface area (Å²) in [6.07, 6.45) is 3.84. The molecule has 1 saturated carbocycles. The maximum atomic E-state index is 12.4. The van der Waals surface area contributed by atoms with Crippen molar-refractivity contribution in [1.29, 1.82) is 0 Å². The second-order valence-electron chi connectivity index (χ2n) is 6.41. The van der Waals surface area contributed by atoms with E-state index in [1.807, 2.05) is 6.92 Å². The number of aromatic nitrogens is 1. The molecule has 1 aliphatic rings. The van der Waals surface area contributed by atoms with E-state index in [1.165, 1.54) is 0 Å². The van der Waals surface area contributed by atoms with Crippen LogP contribution in [0.2, 0.25) is 0 Å². The third-order valence-corrected chi connectivity index (χ3v) is 4.55. The Morgan fingerprint density at radius 3 is 2.72 bits per heavy atom. The molecule has 2 atom stereocenters. The SMILES string of the molecule is CCc1onc(C)c1C(=O)Nc1ccc(O[C@H]2CCCC[C@@H]2O)cc1. The highest BCUT2D eigenvalue weighted by Gasteiger charge is 2.24. The summed E-state index contributed by atoms with van der Waals surface area (Å²) in [5.74, 6) is 1.05. The number of hydrogen-bond donors (Lipinski definition) is 2. The van der Waals surface area contributed by atoms with Crippen LogP contribution in [-0.2, 0) is 6.42 Å². The van der Waals surface area contributed by atoms with E-state index in [9.17, 15) is 9.90 Å². The minimum Gasteiger partial charge on any atom is -0.488 e. The zero-order chi connectivity index (χ0) is 17.8. The van der Waals surface area contributed by atoms with Gasteiger partial charge in [-0.3, -0.25) is 4.79 Å². The van der Waals surface area contributed by atoms with Crippen LogP contribution in [0, 0.1) is 6.92 Å². The van der Waals surface area contributed by atoms with Crippen molar-refractivity contribution in [3.63, 3.8) is 0 Å². The van der Waals surface area contributed by atoms with Crippen LogP contribution < -0.4 is 10.1 Å². The normalized spacial score (nSPS) is 20.3. The third kappa shape index (κ3) is 4.02. The van der Waals surface area contributed by atoms with Crippen molar-refractivity contribution in [2.24, 2.45) is 0 Å². The molecule has 1 aromatic carbocycles. The molecule has 134 valence electrons. The van der Waals surface area contributed by atoms with Gasteiger partial charge in [0.05, 0.1) is 11.8 Å². The largest absolute Gasteiger partial charge is 0.488 e. The van der Waals surface area contributed by atoms with Gasteiger partial charge in [0.25, 0.3) is 5.91 Å². The van der Waals surface area contributed by atoms with Crippen molar-refractivity contribution in [3.05, 3.63) is 41.3 Å². The molecular weight excluding hydrogens is 320 g/mol. The highest BCUT2D eigenvalue weighted by atomic mass is 16.5. The highest BCUT2D eigenvalue weighted by molar-refractivity contribution is 6.05. The number of aryl methyl sites for hydroxylation is 2. The van der Waals surface area contributed by atoms with E-state index >= 15 is 0 Å². The fraction of sp³-hybridized carbons (Fsp3) is 0.474. The Balaban J connectivity index is 1.64. The number of rotatable bonds is 5. The van der Waals surface area contributed by atoms with Gasteiger partial charge in [0.2, 0.25) is 0 Å². The highest BCUT2D eigenvalue weighted by Crippen LogP contribution is 2.25. The molecule has 6 heteroatoms. The summed E-state index contributed by atoms with van der Waals surface area (Å²) in [4.78, 5) is 12.4. The molecule has 1 heterocycles. The standard InChI is InChI=1S/C19H24N2O4/c1-3-16-18(12(2)21-25-16)19(23)20-13-8-10-14(11-9-13)24-17-7-5-4-6-15(17)22/h8-11,15,17,22H,3-7H2,1-2H3,(H,20,23)/t15-,17-/m0/s1. The van der Waals surface area contributed by atoms with Crippen molar-refractivity contribution < 1.29 is 19.2 Å². The summed E-state index contributed by atoms with van der Waals surface area (Å²) in [6.45, 7) is 3.67. The van der Waals surface area contributed by atoms with Crippen LogP contribution in [0.15, 0.2) is 28.8 Å². The van der Waals surface area contributed by atoms with Gasteiger partial charge in [-0.2, -0.15) is 0 Å². The number of aliphatic hydroxyl groups is 1. The van der Waals surface area contributed by atoms with Crippen molar-refractivity contribution in [2.45, 2.75) is 58.2 Å². The number of carbonyl (C=O) groups excluding carboxylic acids is 1. The van der Waals surface area contributed by atoms with Crippen LogP contribution in [0.4, 0.5) is 5.69 Å². The number of benzene rings is 1. The van der Waals surface area contributed by atoms with Crippen LogP contribution in [0.1, 0.15) is 54.4 Å². The molecule has 6 nitrogen and oxygen atoms in total. The number of hydrogen-bond acceptors (Lipinski definition) is 5. The first kappa shape index (κ1) is 17.5. The number of nitrogens with zero attached hydrogens (tertiary/aromatic N) is 1. The van der Waals surface area contributed by atoms with Crippen molar-refractivity contribution in [1.82, 2.24) is 5.16 Å². The molecule has 0 aliphatic heterocycles. The number of ether oxygens (including phenoxy) is 1. The van der Waals surface area contributed by atoms with Gasteiger partial charge in [-0.05, 0) is 50.5 Å². The third-order valence-electron chi connectivity index (χ3n) is 4.55. The van der Waals surface area contributed by atoms with Crippen LogP contribution in [0.25, 0.3) is 0 Å². The van der Waals surface area contributed by atoms with E-state index in [1.54, 1.807) is 31.2 Å². The summed E-state index contributed by atoms with van der Waals surface area (Å²) < 4.78 is 11.0. The molecule has 0 spiro atoms. The molecule has 0 unspecified atom stereocenters. The van der Waals surface area contributed by atoms with Crippen LogP contribution in [0.5, 0.6) is 5.75 Å². The average Bonchev–Trinajstić information content (AvgIpc) is 2.99. The molecule has 1 amide bonds. The fourth-order valence-corrected chi connectivity index (χ4v) is 3.15. The molecule has 2 aromatic rings. The summed E-state index contributed by atoms with van der Waals surface area (Å²) in [7, 11) is 0. The lowest BCUT2D eigenvalue weighted by Crippen LogP contribution is -2.34. The maximum Gasteiger partial charge on any atom is 0.261 e. The van der Waals surface area contributed by atoms with E-state index in [-0.39, 0.29) is 12.0 Å². The maximum absolute atomic E-state index is 12.4. The molecule has 1 fully saturated rings. The topological polar surface area (TPSA) is 84.6 Å². The predicted molar refractivity (Wildman–Crippen MR) is 93.9 cm³/mol. The molecule has 25 heavy (non-hydrogen) atoms. The van der Waals surface area contributed by atoms with E-state index in [0.29, 0.717) is 34.9 Å². The molecule has 0 radical (unpaired) electrons. The molecule has 1 aromatic heterocycles. The van der Waals surface area contributed by atoms with E-state index in [2.05, 4.69) is 10.5 Å². The van der Waals surface area contributed by atoms with E-state index < -0.39 is 6.10 Å². The quantitative estimate of drug-likeness (QED) is 0.867. The first-order chi connectivity index (χ1) is 12.1. The van der Waals surface area contributed by atoms with Crippen molar-refractivity contribution in [2.75, 3.05) is 5.32 Å². The molecule has 2 N–H and O–H groups in total. The number of anilines is 1. The summed E-state index contributed by atoms with van der Waals surface area (Å²) in [5.41, 5.74) is 1.75. The van der Waals surface area contributed by atoms with Gasteiger partial charge in [-0.15, -0.1) is 0 Å². The summed E-state index contributed by atoms with van der Waals surface area (Å²) in [6, 6.07) is 7.18. The van der Waals surface area contributed by atoms with Gasteiger partial charge < -0.3 is 19.7 Å². The predicted octanol–water partition coefficient (Wildman–Crippen LogP) is 3.48. The molecule has 0 bridgehead atoms.